The van der Waals surface area contributed by atoms with Gasteiger partial charge in [0.2, 0.25) is 0 Å². The van der Waals surface area contributed by atoms with Crippen molar-refractivity contribution >= 4 is 0 Å². The largest absolute Gasteiger partial charge is 0.373 e. The Labute approximate surface area is 166 Å². The first-order chi connectivity index (χ1) is 13.3. The Morgan fingerprint density at radius 3 is 2.07 bits per heavy atom. The molecule has 0 aromatic carbocycles. The summed E-state index contributed by atoms with van der Waals surface area (Å²) in [5.74, 6) is 1.65. The highest BCUT2D eigenvalue weighted by atomic mass is 16.6. The van der Waals surface area contributed by atoms with Crippen molar-refractivity contribution in [1.82, 2.24) is 0 Å². The van der Waals surface area contributed by atoms with Crippen LogP contribution in [0, 0.1) is 22.3 Å². The molecule has 1 saturated carbocycles. The molecule has 152 valence electrons. The topological polar surface area (TPSA) is 18.5 Å². The van der Waals surface area contributed by atoms with Crippen LogP contribution in [0.25, 0.3) is 0 Å². The Balaban J connectivity index is 0.000000290. The van der Waals surface area contributed by atoms with Crippen LogP contribution in [0.4, 0.5) is 0 Å². The summed E-state index contributed by atoms with van der Waals surface area (Å²) in [6.45, 7) is 6.27. The zero-order valence-electron chi connectivity index (χ0n) is 17.6. The summed E-state index contributed by atoms with van der Waals surface area (Å²) in [4.78, 5) is 0. The summed E-state index contributed by atoms with van der Waals surface area (Å²) < 4.78 is 12.4. The number of benzene rings is 1. The molecule has 1 saturated heterocycles. The number of hydrogen-bond donors (Lipinski definition) is 0. The summed E-state index contributed by atoms with van der Waals surface area (Å²) in [7, 11) is 0. The van der Waals surface area contributed by atoms with Crippen molar-refractivity contribution in [2.45, 2.75) is 96.7 Å². The lowest BCUT2D eigenvalue weighted by molar-refractivity contribution is -0.163. The second-order valence-corrected chi connectivity index (χ2v) is 8.75. The maximum Gasteiger partial charge on any atom is 0.0840 e. The normalized spacial score (nSPS) is 29.0. The minimum atomic E-state index is 0.367. The van der Waals surface area contributed by atoms with Crippen molar-refractivity contribution in [3.05, 3.63) is 34.7 Å². The molecule has 4 rings (SSSR count). The molecule has 3 aliphatic carbocycles. The highest BCUT2D eigenvalue weighted by molar-refractivity contribution is 5.22. The van der Waals surface area contributed by atoms with Crippen LogP contribution in [0.15, 0.2) is 24.3 Å². The molecule has 4 aliphatic rings. The molecule has 2 fully saturated rings. The van der Waals surface area contributed by atoms with Crippen LogP contribution in [-0.2, 0) is 9.47 Å². The Morgan fingerprint density at radius 2 is 1.52 bits per heavy atom. The molecule has 0 N–H and O–H groups in total. The average molecular weight is 373 g/mol. The van der Waals surface area contributed by atoms with Gasteiger partial charge in [-0.25, -0.2) is 0 Å². The first-order valence-electron chi connectivity index (χ1n) is 11.7. The van der Waals surface area contributed by atoms with Gasteiger partial charge in [0.1, 0.15) is 0 Å². The quantitative estimate of drug-likeness (QED) is 0.484. The molecule has 0 amide bonds. The number of hydrogen-bond acceptors (Lipinski definition) is 2. The summed E-state index contributed by atoms with van der Waals surface area (Å²) in [6, 6.07) is 8.48. The van der Waals surface area contributed by atoms with Gasteiger partial charge < -0.3 is 9.47 Å². The molecule has 2 nitrogen and oxygen atoms in total. The third-order valence-electron chi connectivity index (χ3n) is 6.70. The fourth-order valence-electron chi connectivity index (χ4n) is 4.89. The molecule has 4 atom stereocenters. The van der Waals surface area contributed by atoms with Gasteiger partial charge in [-0.3, -0.25) is 0 Å². The standard InChI is InChI=1S/C19H36O2.C6H4/c1-3-5-6-7-12-17-14-21-19(15-20-17)18-13-9-8-11-16(18)10-4-2;1-2-6-4-3-5(1)6/h16-19H,3-15H2,1-2H3;1-4H. The van der Waals surface area contributed by atoms with Crippen LogP contribution < -0.4 is 0 Å². The molecule has 0 radical (unpaired) electrons. The third-order valence-corrected chi connectivity index (χ3v) is 6.70. The Morgan fingerprint density at radius 1 is 0.778 bits per heavy atom. The van der Waals surface area contributed by atoms with Crippen LogP contribution in [0.2, 0.25) is 0 Å². The van der Waals surface area contributed by atoms with E-state index in [2.05, 4.69) is 38.1 Å². The van der Waals surface area contributed by atoms with E-state index in [4.69, 9.17) is 9.47 Å². The molecule has 0 aromatic heterocycles. The van der Waals surface area contributed by atoms with Gasteiger partial charge in [0.05, 0.1) is 25.4 Å². The Hall–Kier alpha value is -0.860. The summed E-state index contributed by atoms with van der Waals surface area (Å²) in [6.07, 6.45) is 15.5. The second-order valence-electron chi connectivity index (χ2n) is 8.75. The number of rotatable bonds is 8. The molecule has 4 unspecified atom stereocenters. The van der Waals surface area contributed by atoms with Crippen molar-refractivity contribution in [2.75, 3.05) is 13.2 Å². The van der Waals surface area contributed by atoms with Gasteiger partial charge in [-0.15, -0.1) is 0 Å². The van der Waals surface area contributed by atoms with Crippen LogP contribution in [0.1, 0.15) is 84.5 Å². The Bertz CT molecular complexity index is 565. The zero-order valence-corrected chi connectivity index (χ0v) is 17.6. The van der Waals surface area contributed by atoms with E-state index >= 15 is 0 Å². The monoisotopic (exact) mass is 372 g/mol. The fourth-order valence-corrected chi connectivity index (χ4v) is 4.89. The van der Waals surface area contributed by atoms with Gasteiger partial charge in [0.15, 0.2) is 0 Å². The number of ether oxygens (including phenoxy) is 2. The van der Waals surface area contributed by atoms with E-state index < -0.39 is 0 Å². The lowest BCUT2D eigenvalue weighted by Gasteiger charge is -2.40. The number of unbranched alkanes of at least 4 members (excludes halogenated alkanes) is 3. The zero-order chi connectivity index (χ0) is 18.9. The van der Waals surface area contributed by atoms with Gasteiger partial charge in [-0.05, 0) is 35.1 Å². The lowest BCUT2D eigenvalue weighted by atomic mass is 9.74. The van der Waals surface area contributed by atoms with Crippen molar-refractivity contribution in [1.29, 1.82) is 0 Å². The van der Waals surface area contributed by atoms with Crippen molar-refractivity contribution in [2.24, 2.45) is 11.8 Å². The van der Waals surface area contributed by atoms with Gasteiger partial charge in [0, 0.05) is 0 Å². The lowest BCUT2D eigenvalue weighted by Crippen LogP contribution is -2.43. The van der Waals surface area contributed by atoms with E-state index in [9.17, 15) is 0 Å². The minimum absolute atomic E-state index is 0.367. The van der Waals surface area contributed by atoms with Crippen molar-refractivity contribution < 1.29 is 9.47 Å². The first kappa shape index (κ1) is 20.9. The SMILES string of the molecule is CCCCCCC1COC(C2CCCCC2CCC)CO1.c1cc2ccc1=2. The van der Waals surface area contributed by atoms with E-state index in [0.29, 0.717) is 12.2 Å². The summed E-state index contributed by atoms with van der Waals surface area (Å²) >= 11 is 0. The maximum absolute atomic E-state index is 6.24. The van der Waals surface area contributed by atoms with E-state index in [1.165, 1.54) is 81.1 Å². The van der Waals surface area contributed by atoms with Gasteiger partial charge in [-0.1, -0.05) is 95.9 Å². The smallest absolute Gasteiger partial charge is 0.0840 e. The van der Waals surface area contributed by atoms with Crippen molar-refractivity contribution in [3.63, 3.8) is 0 Å². The van der Waals surface area contributed by atoms with E-state index in [0.717, 1.165) is 25.0 Å². The molecular formula is C25H40O2. The molecule has 0 spiro atoms. The first-order valence-corrected chi connectivity index (χ1v) is 11.7. The van der Waals surface area contributed by atoms with Crippen molar-refractivity contribution in [3.8, 4) is 0 Å². The highest BCUT2D eigenvalue weighted by Crippen LogP contribution is 2.37. The van der Waals surface area contributed by atoms with E-state index in [1.54, 1.807) is 0 Å². The molecule has 1 aliphatic heterocycles. The molecule has 1 heterocycles. The predicted molar refractivity (Wildman–Crippen MR) is 113 cm³/mol. The van der Waals surface area contributed by atoms with E-state index in [-0.39, 0.29) is 0 Å². The van der Waals surface area contributed by atoms with Crippen LogP contribution in [0.5, 0.6) is 0 Å². The van der Waals surface area contributed by atoms with Crippen LogP contribution >= 0.6 is 0 Å². The van der Waals surface area contributed by atoms with Gasteiger partial charge in [0.25, 0.3) is 0 Å². The highest BCUT2D eigenvalue weighted by Gasteiger charge is 2.34. The summed E-state index contributed by atoms with van der Waals surface area (Å²) in [5, 5.41) is 2.85. The van der Waals surface area contributed by atoms with Gasteiger partial charge in [-0.2, -0.15) is 0 Å². The average Bonchev–Trinajstić information content (AvgIpc) is 2.70. The summed E-state index contributed by atoms with van der Waals surface area (Å²) in [5.41, 5.74) is 0. The molecule has 0 aromatic rings. The predicted octanol–water partition coefficient (Wildman–Crippen LogP) is 6.63. The molecule has 2 heteroatoms. The molecular weight excluding hydrogens is 332 g/mol. The Kier molecular flexibility index (Phi) is 8.67. The fraction of sp³-hybridized carbons (Fsp3) is 0.760. The van der Waals surface area contributed by atoms with Gasteiger partial charge >= 0.3 is 0 Å². The van der Waals surface area contributed by atoms with E-state index in [1.807, 2.05) is 0 Å². The minimum Gasteiger partial charge on any atom is -0.373 e. The molecule has 0 bridgehead atoms. The second kappa shape index (κ2) is 11.2. The van der Waals surface area contributed by atoms with Crippen LogP contribution in [-0.4, -0.2) is 25.4 Å². The molecule has 27 heavy (non-hydrogen) atoms. The maximum atomic E-state index is 6.24. The third kappa shape index (κ3) is 6.06. The van der Waals surface area contributed by atoms with Crippen LogP contribution in [0.3, 0.4) is 0 Å².